The quantitative estimate of drug-likeness (QED) is 0.150. The topological polar surface area (TPSA) is 163 Å². The lowest BCUT2D eigenvalue weighted by atomic mass is 10.1. The Kier molecular flexibility index (Phi) is 13.9. The Balaban J connectivity index is 0.000000169. The van der Waals surface area contributed by atoms with Crippen LogP contribution in [0.4, 0.5) is 11.6 Å². The van der Waals surface area contributed by atoms with Crippen LogP contribution in [0.1, 0.15) is 47.9 Å². The van der Waals surface area contributed by atoms with Gasteiger partial charge in [-0.2, -0.15) is 0 Å². The third-order valence-electron chi connectivity index (χ3n) is 11.2. The van der Waals surface area contributed by atoms with Gasteiger partial charge in [-0.05, 0) is 95.7 Å². The highest BCUT2D eigenvalue weighted by Crippen LogP contribution is 2.30. The molecule has 2 fully saturated rings. The van der Waals surface area contributed by atoms with Gasteiger partial charge in [0.1, 0.15) is 28.5 Å². The zero-order valence-corrected chi connectivity index (χ0v) is 36.6. The molecule has 2 aliphatic heterocycles. The van der Waals surface area contributed by atoms with Crippen LogP contribution >= 0.6 is 0 Å². The number of carbonyl (C=O) groups is 2. The first-order valence-electron chi connectivity index (χ1n) is 21.4. The molecule has 15 heteroatoms. The molecule has 62 heavy (non-hydrogen) atoms. The molecule has 0 amide bonds. The summed E-state index contributed by atoms with van der Waals surface area (Å²) in [6, 6.07) is 27.9. The monoisotopic (exact) mass is 839 g/mol. The number of pyridine rings is 4. The van der Waals surface area contributed by atoms with Crippen LogP contribution in [-0.2, 0) is 4.74 Å². The van der Waals surface area contributed by atoms with E-state index in [0.29, 0.717) is 35.4 Å². The molecule has 0 aliphatic carbocycles. The second-order valence-electron chi connectivity index (χ2n) is 15.2. The molecule has 0 radical (unpaired) electrons. The number of benzene rings is 2. The molecular formula is C47H57N11O4. The molecule has 2 saturated heterocycles. The number of likely N-dealkylation sites (N-methyl/N-ethyl adjacent to an activating group) is 2. The highest BCUT2D eigenvalue weighted by molar-refractivity contribution is 6.07. The molecular weight excluding hydrogens is 783 g/mol. The molecule has 10 rings (SSSR count). The van der Waals surface area contributed by atoms with Gasteiger partial charge in [-0.15, -0.1) is 0 Å². The van der Waals surface area contributed by atoms with Gasteiger partial charge < -0.3 is 35.2 Å². The van der Waals surface area contributed by atoms with Crippen molar-refractivity contribution in [3.8, 4) is 0 Å². The molecule has 0 saturated carbocycles. The predicted octanol–water partition coefficient (Wildman–Crippen LogP) is 5.92. The maximum Gasteiger partial charge on any atom is 0.341 e. The number of hydrogen-bond acceptors (Lipinski definition) is 13. The van der Waals surface area contributed by atoms with Crippen molar-refractivity contribution >= 4 is 78.8 Å². The Morgan fingerprint density at radius 1 is 0.597 bits per heavy atom. The highest BCUT2D eigenvalue weighted by Gasteiger charge is 2.23. The van der Waals surface area contributed by atoms with Gasteiger partial charge in [-0.1, -0.05) is 31.2 Å². The number of fused-ring (bicyclic) bond motifs is 10. The van der Waals surface area contributed by atoms with Gasteiger partial charge in [-0.3, -0.25) is 13.6 Å². The second kappa shape index (κ2) is 19.6. The molecule has 0 spiro atoms. The number of ketones is 1. The van der Waals surface area contributed by atoms with E-state index in [0.717, 1.165) is 108 Å². The van der Waals surface area contributed by atoms with Crippen molar-refractivity contribution in [1.29, 1.82) is 0 Å². The van der Waals surface area contributed by atoms with Crippen LogP contribution in [0.15, 0.2) is 84.9 Å². The van der Waals surface area contributed by atoms with Gasteiger partial charge in [0.05, 0.1) is 34.2 Å². The molecule has 3 N–H and O–H groups in total. The van der Waals surface area contributed by atoms with E-state index in [4.69, 9.17) is 29.8 Å². The lowest BCUT2D eigenvalue weighted by Crippen LogP contribution is -2.44. The van der Waals surface area contributed by atoms with E-state index in [2.05, 4.69) is 51.6 Å². The van der Waals surface area contributed by atoms with Crippen LogP contribution in [0.25, 0.3) is 55.4 Å². The third-order valence-corrected chi connectivity index (χ3v) is 11.2. The fraction of sp³-hybridized carbons (Fsp3) is 0.362. The Morgan fingerprint density at radius 3 is 1.45 bits per heavy atom. The smallest absolute Gasteiger partial charge is 0.341 e. The number of ether oxygens (including phenoxy) is 1. The number of piperazine rings is 2. The van der Waals surface area contributed by atoms with Crippen molar-refractivity contribution in [2.75, 3.05) is 96.5 Å². The molecule has 8 aromatic rings. The number of carbonyl (C=O) groups excluding carboxylic acids is 2. The average Bonchev–Trinajstić information content (AvgIpc) is 3.90. The number of anilines is 2. The Morgan fingerprint density at radius 2 is 1.02 bits per heavy atom. The largest absolute Gasteiger partial charge is 0.462 e. The van der Waals surface area contributed by atoms with Crippen LogP contribution in [0.5, 0.6) is 0 Å². The van der Waals surface area contributed by atoms with Crippen LogP contribution < -0.4 is 15.5 Å². The summed E-state index contributed by atoms with van der Waals surface area (Å²) in [4.78, 5) is 54.0. The molecule has 8 heterocycles. The zero-order chi connectivity index (χ0) is 43.9. The number of nitrogens with zero attached hydrogens (tertiary/aromatic N) is 10. The maximum absolute atomic E-state index is 12.6. The van der Waals surface area contributed by atoms with E-state index < -0.39 is 0 Å². The number of para-hydroxylation sites is 4. The van der Waals surface area contributed by atoms with Crippen molar-refractivity contribution < 1.29 is 19.4 Å². The number of aliphatic hydroxyl groups is 1. The molecule has 15 nitrogen and oxygen atoms in total. The van der Waals surface area contributed by atoms with Crippen molar-refractivity contribution in [3.63, 3.8) is 0 Å². The van der Waals surface area contributed by atoms with Gasteiger partial charge in [-0.25, -0.2) is 24.7 Å². The first kappa shape index (κ1) is 43.8. The lowest BCUT2D eigenvalue weighted by Gasteiger charge is -2.33. The number of esters is 1. The minimum Gasteiger partial charge on any atom is -0.462 e. The Bertz CT molecular complexity index is 2840. The van der Waals surface area contributed by atoms with Gasteiger partial charge in [0.2, 0.25) is 0 Å². The average molecular weight is 840 g/mol. The Hall–Kier alpha value is -6.26. The number of imidazole rings is 2. The maximum atomic E-state index is 12.6. The Labute approximate surface area is 361 Å². The van der Waals surface area contributed by atoms with E-state index in [1.807, 2.05) is 95.4 Å². The first-order valence-corrected chi connectivity index (χ1v) is 21.4. The molecule has 0 atom stereocenters. The van der Waals surface area contributed by atoms with Crippen molar-refractivity contribution in [2.24, 2.45) is 5.73 Å². The summed E-state index contributed by atoms with van der Waals surface area (Å²) in [6.07, 6.45) is 0.456. The summed E-state index contributed by atoms with van der Waals surface area (Å²) in [7, 11) is 5.79. The molecule has 2 aromatic carbocycles. The fourth-order valence-corrected chi connectivity index (χ4v) is 7.94. The minimum absolute atomic E-state index is 0.102. The fourth-order valence-electron chi connectivity index (χ4n) is 7.94. The summed E-state index contributed by atoms with van der Waals surface area (Å²) in [6.45, 7) is 13.9. The predicted molar refractivity (Wildman–Crippen MR) is 249 cm³/mol. The van der Waals surface area contributed by atoms with Crippen molar-refractivity contribution in [1.82, 2.24) is 38.5 Å². The van der Waals surface area contributed by atoms with E-state index in [9.17, 15) is 9.59 Å². The molecule has 0 bridgehead atoms. The number of nitrogens with two attached hydrogens (primary N) is 1. The number of Topliss-reactive ketones (excluding diaryl/α,β-unsaturated/α-hetero) is 1. The van der Waals surface area contributed by atoms with E-state index >= 15 is 0 Å². The SMILES string of the molecule is CCC(=O)c1cc2ccc(N3CCN(C)CC3)nc2n2c1nc1ccccc12.CCO.CCOC(=O)c1cc2ccc(N3CCN(C)CC3)nc2n2c1nc1ccccc12.CN. The summed E-state index contributed by atoms with van der Waals surface area (Å²) < 4.78 is 9.32. The van der Waals surface area contributed by atoms with Gasteiger partial charge >= 0.3 is 5.97 Å². The van der Waals surface area contributed by atoms with Gasteiger partial charge in [0.25, 0.3) is 0 Å². The van der Waals surface area contributed by atoms with Crippen LogP contribution in [0.3, 0.4) is 0 Å². The summed E-state index contributed by atoms with van der Waals surface area (Å²) in [5, 5.41) is 9.42. The molecule has 2 aliphatic rings. The highest BCUT2D eigenvalue weighted by atomic mass is 16.5. The van der Waals surface area contributed by atoms with E-state index in [-0.39, 0.29) is 18.4 Å². The minimum atomic E-state index is -0.363. The van der Waals surface area contributed by atoms with E-state index in [1.165, 1.54) is 7.05 Å². The van der Waals surface area contributed by atoms with Crippen LogP contribution in [0.2, 0.25) is 0 Å². The molecule has 6 aromatic heterocycles. The lowest BCUT2D eigenvalue weighted by molar-refractivity contribution is 0.0528. The van der Waals surface area contributed by atoms with Gasteiger partial charge in [0.15, 0.2) is 17.1 Å². The van der Waals surface area contributed by atoms with Crippen molar-refractivity contribution in [2.45, 2.75) is 27.2 Å². The molecule has 324 valence electrons. The van der Waals surface area contributed by atoms with Crippen LogP contribution in [-0.4, -0.2) is 142 Å². The third kappa shape index (κ3) is 8.75. The number of aliphatic hydroxyl groups excluding tert-OH is 1. The van der Waals surface area contributed by atoms with Gasteiger partial charge in [0, 0.05) is 76.2 Å². The number of rotatable bonds is 6. The number of aromatic nitrogens is 6. The van der Waals surface area contributed by atoms with Crippen LogP contribution in [0, 0.1) is 0 Å². The normalized spacial score (nSPS) is 14.7. The summed E-state index contributed by atoms with van der Waals surface area (Å²) >= 11 is 0. The van der Waals surface area contributed by atoms with Crippen molar-refractivity contribution in [3.05, 3.63) is 96.1 Å². The standard InChI is InChI=1S/C22H23N5O2.C22H23N5O.C2H6O.CH5N/c1-3-29-22(28)16-14-15-8-9-19(26-12-10-25(2)11-13-26)24-20(15)27-18-7-5-4-6-17(18)23-21(16)27;1-3-19(28)16-14-15-8-9-20(26-12-10-25(2)11-13-26)24-21(15)27-18-7-5-4-6-17(18)23-22(16)27;1-2-3;1-2/h4-9,14H,3,10-13H2,1-2H3;4-9,14H,3,10-13H2,1-2H3;3H,2H2,1H3;2H2,1H3. The summed E-state index contributed by atoms with van der Waals surface area (Å²) in [5.74, 6) is 1.67. The molecule has 0 unspecified atom stereocenters. The second-order valence-corrected chi connectivity index (χ2v) is 15.2. The van der Waals surface area contributed by atoms with E-state index in [1.54, 1.807) is 6.92 Å². The zero-order valence-electron chi connectivity index (χ0n) is 36.6. The first-order chi connectivity index (χ1) is 30.2. The number of hydrogen-bond donors (Lipinski definition) is 2. The summed E-state index contributed by atoms with van der Waals surface area (Å²) in [5.41, 5.74) is 12.2.